The van der Waals surface area contributed by atoms with Crippen LogP contribution in [-0.2, 0) is 17.8 Å². The van der Waals surface area contributed by atoms with Gasteiger partial charge in [-0.15, -0.1) is 11.3 Å². The Morgan fingerprint density at radius 2 is 2.04 bits per heavy atom. The summed E-state index contributed by atoms with van der Waals surface area (Å²) in [4.78, 5) is 13.0. The van der Waals surface area contributed by atoms with Crippen molar-refractivity contribution in [3.8, 4) is 0 Å². The molecule has 0 aliphatic carbocycles. The quantitative estimate of drug-likeness (QED) is 0.714. The predicted octanol–water partition coefficient (Wildman–Crippen LogP) is 4.14. The molecule has 3 aromatic rings. The van der Waals surface area contributed by atoms with Crippen LogP contribution < -0.4 is 4.90 Å². The topological polar surface area (TPSA) is 42.7 Å². The summed E-state index contributed by atoms with van der Waals surface area (Å²) in [5, 5.41) is 0. The van der Waals surface area contributed by atoms with Crippen molar-refractivity contribution < 1.29 is 4.74 Å². The van der Waals surface area contributed by atoms with Gasteiger partial charge in [-0.1, -0.05) is 13.8 Å². The average molecular weight is 342 g/mol. The van der Waals surface area contributed by atoms with E-state index in [9.17, 15) is 0 Å². The lowest BCUT2D eigenvalue weighted by molar-refractivity contribution is 0.120. The number of hydrogen-bond donors (Lipinski definition) is 0. The highest BCUT2D eigenvalue weighted by molar-refractivity contribution is 7.09. The fourth-order valence-electron chi connectivity index (χ4n) is 3.15. The molecule has 0 saturated carbocycles. The fraction of sp³-hybridized carbons (Fsp3) is 0.444. The summed E-state index contributed by atoms with van der Waals surface area (Å²) >= 11 is 1.74. The van der Waals surface area contributed by atoms with Crippen LogP contribution in [0, 0.1) is 0 Å². The van der Waals surface area contributed by atoms with Gasteiger partial charge in [-0.3, -0.25) is 0 Å². The molecule has 1 aliphatic rings. The molecular weight excluding hydrogens is 320 g/mol. The van der Waals surface area contributed by atoms with Crippen LogP contribution in [0.15, 0.2) is 24.0 Å². The molecule has 3 aromatic heterocycles. The number of ether oxygens (including phenoxy) is 1. The largest absolute Gasteiger partial charge is 0.377 e. The first-order valence-electron chi connectivity index (χ1n) is 8.28. The van der Waals surface area contributed by atoms with Gasteiger partial charge in [0.25, 0.3) is 0 Å². The van der Waals surface area contributed by atoms with Gasteiger partial charge in [0.15, 0.2) is 0 Å². The maximum absolute atomic E-state index is 5.60. The minimum Gasteiger partial charge on any atom is -0.377 e. The fourth-order valence-corrected chi connectivity index (χ4v) is 3.94. The number of nitrogens with zero attached hydrogens (tertiary/aromatic N) is 4. The Balaban J connectivity index is 1.80. The summed E-state index contributed by atoms with van der Waals surface area (Å²) in [5.74, 6) is 0.405. The Labute approximate surface area is 145 Å². The van der Waals surface area contributed by atoms with Crippen LogP contribution in [0.25, 0.3) is 5.65 Å². The Morgan fingerprint density at radius 3 is 2.75 bits per heavy atom. The van der Waals surface area contributed by atoms with Gasteiger partial charge in [0.05, 0.1) is 41.8 Å². The van der Waals surface area contributed by atoms with Crippen LogP contribution in [0.4, 0.5) is 5.69 Å². The Hall–Kier alpha value is -1.92. The van der Waals surface area contributed by atoms with Crippen LogP contribution in [0.5, 0.6) is 0 Å². The molecule has 1 aliphatic heterocycles. The molecule has 24 heavy (non-hydrogen) atoms. The summed E-state index contributed by atoms with van der Waals surface area (Å²) in [6, 6.07) is 2.22. The van der Waals surface area contributed by atoms with Crippen molar-refractivity contribution in [3.63, 3.8) is 0 Å². The smallest absolute Gasteiger partial charge is 0.142 e. The number of hydrogen-bond acceptors (Lipinski definition) is 5. The number of pyridine rings is 1. The molecule has 1 atom stereocenters. The van der Waals surface area contributed by atoms with E-state index in [1.54, 1.807) is 18.4 Å². The van der Waals surface area contributed by atoms with E-state index in [0.29, 0.717) is 5.92 Å². The number of fused-ring (bicyclic) bond motifs is 2. The van der Waals surface area contributed by atoms with Gasteiger partial charge in [0.1, 0.15) is 5.65 Å². The summed E-state index contributed by atoms with van der Waals surface area (Å²) in [7, 11) is 1.75. The van der Waals surface area contributed by atoms with Gasteiger partial charge in [-0.05, 0) is 18.9 Å². The first-order valence-corrected chi connectivity index (χ1v) is 9.16. The standard InChI is InChI=1S/C18H22N4OS/c1-11(2)15-7-22-6-13(5-14(12(3)23-4)18(22)20-15)21-8-16-17(9-21)24-10-19-16/h5-7,10-12H,8-9H2,1-4H3/t12-/m1/s1. The Kier molecular flexibility index (Phi) is 3.81. The third-order valence-electron chi connectivity index (χ3n) is 4.73. The minimum atomic E-state index is 0.00432. The molecular formula is C18H22N4OS. The van der Waals surface area contributed by atoms with Crippen molar-refractivity contribution >= 4 is 22.7 Å². The SMILES string of the molecule is CO[C@H](C)c1cc(N2Cc3ncsc3C2)cn2cc(C(C)C)nc12. The second kappa shape index (κ2) is 5.86. The number of rotatable bonds is 4. The summed E-state index contributed by atoms with van der Waals surface area (Å²) in [6.07, 6.45) is 4.32. The summed E-state index contributed by atoms with van der Waals surface area (Å²) < 4.78 is 7.74. The minimum absolute atomic E-state index is 0.00432. The number of methoxy groups -OCH3 is 1. The molecule has 0 amide bonds. The van der Waals surface area contributed by atoms with E-state index in [-0.39, 0.29) is 6.10 Å². The van der Waals surface area contributed by atoms with Gasteiger partial charge in [-0.25, -0.2) is 9.97 Å². The van der Waals surface area contributed by atoms with Gasteiger partial charge in [-0.2, -0.15) is 0 Å². The predicted molar refractivity (Wildman–Crippen MR) is 96.7 cm³/mol. The van der Waals surface area contributed by atoms with E-state index in [1.165, 1.54) is 16.3 Å². The highest BCUT2D eigenvalue weighted by Gasteiger charge is 2.24. The summed E-state index contributed by atoms with van der Waals surface area (Å²) in [6.45, 7) is 8.22. The molecule has 0 bridgehead atoms. The second-order valence-electron chi connectivity index (χ2n) is 6.66. The van der Waals surface area contributed by atoms with Crippen molar-refractivity contribution in [1.29, 1.82) is 0 Å². The maximum atomic E-state index is 5.60. The Morgan fingerprint density at radius 1 is 1.21 bits per heavy atom. The van der Waals surface area contributed by atoms with Crippen molar-refractivity contribution in [2.24, 2.45) is 0 Å². The lowest BCUT2D eigenvalue weighted by atomic mass is 10.1. The second-order valence-corrected chi connectivity index (χ2v) is 7.60. The highest BCUT2D eigenvalue weighted by Crippen LogP contribution is 2.33. The van der Waals surface area contributed by atoms with E-state index >= 15 is 0 Å². The van der Waals surface area contributed by atoms with Crippen LogP contribution in [0.3, 0.4) is 0 Å². The van der Waals surface area contributed by atoms with Crippen LogP contribution in [-0.4, -0.2) is 21.5 Å². The van der Waals surface area contributed by atoms with Crippen LogP contribution in [0.2, 0.25) is 0 Å². The number of thiazole rings is 1. The van der Waals surface area contributed by atoms with E-state index < -0.39 is 0 Å². The molecule has 4 heterocycles. The molecule has 0 radical (unpaired) electrons. The first-order chi connectivity index (χ1) is 11.6. The normalized spacial score (nSPS) is 15.5. The van der Waals surface area contributed by atoms with Crippen molar-refractivity contribution in [1.82, 2.24) is 14.4 Å². The van der Waals surface area contributed by atoms with E-state index in [1.807, 2.05) is 5.51 Å². The molecule has 0 aromatic carbocycles. The monoisotopic (exact) mass is 342 g/mol. The molecule has 5 nitrogen and oxygen atoms in total. The molecule has 0 unspecified atom stereocenters. The zero-order chi connectivity index (χ0) is 16.8. The third kappa shape index (κ3) is 2.50. The summed E-state index contributed by atoms with van der Waals surface area (Å²) in [5.41, 5.74) is 7.57. The van der Waals surface area contributed by atoms with Gasteiger partial charge >= 0.3 is 0 Å². The van der Waals surface area contributed by atoms with Crippen LogP contribution in [0.1, 0.15) is 54.6 Å². The third-order valence-corrected chi connectivity index (χ3v) is 5.59. The number of imidazole rings is 1. The van der Waals surface area contributed by atoms with Crippen molar-refractivity contribution in [2.75, 3.05) is 12.0 Å². The molecule has 126 valence electrons. The van der Waals surface area contributed by atoms with E-state index in [4.69, 9.17) is 9.72 Å². The van der Waals surface area contributed by atoms with E-state index in [0.717, 1.165) is 30.0 Å². The van der Waals surface area contributed by atoms with Gasteiger partial charge in [0, 0.05) is 29.9 Å². The van der Waals surface area contributed by atoms with Gasteiger partial charge in [0.2, 0.25) is 0 Å². The highest BCUT2D eigenvalue weighted by atomic mass is 32.1. The average Bonchev–Trinajstić information content (AvgIpc) is 3.25. The molecule has 0 spiro atoms. The molecule has 4 rings (SSSR count). The zero-order valence-electron chi connectivity index (χ0n) is 14.5. The van der Waals surface area contributed by atoms with Crippen LogP contribution >= 0.6 is 11.3 Å². The Bertz CT molecular complexity index is 862. The molecule has 0 saturated heterocycles. The van der Waals surface area contributed by atoms with Crippen molar-refractivity contribution in [3.05, 3.63) is 45.8 Å². The van der Waals surface area contributed by atoms with E-state index in [2.05, 4.69) is 53.5 Å². The lowest BCUT2D eigenvalue weighted by Crippen LogP contribution is -2.16. The zero-order valence-corrected chi connectivity index (χ0v) is 15.3. The molecule has 6 heteroatoms. The van der Waals surface area contributed by atoms with Gasteiger partial charge < -0.3 is 14.0 Å². The number of aromatic nitrogens is 3. The number of anilines is 1. The maximum Gasteiger partial charge on any atom is 0.142 e. The molecule has 0 fully saturated rings. The lowest BCUT2D eigenvalue weighted by Gasteiger charge is -2.20. The molecule has 0 N–H and O–H groups in total. The van der Waals surface area contributed by atoms with Crippen molar-refractivity contribution in [2.45, 2.75) is 45.9 Å². The first kappa shape index (κ1) is 15.6.